The highest BCUT2D eigenvalue weighted by molar-refractivity contribution is 7.14. The predicted octanol–water partition coefficient (Wildman–Crippen LogP) is 7.00. The fraction of sp³-hybridized carbons (Fsp3) is 0. The van der Waals surface area contributed by atoms with Gasteiger partial charge >= 0.3 is 0 Å². The third-order valence-electron chi connectivity index (χ3n) is 4.47. The zero-order valence-corrected chi connectivity index (χ0v) is 14.4. The van der Waals surface area contributed by atoms with Crippen LogP contribution in [0.25, 0.3) is 0 Å². The van der Waals surface area contributed by atoms with Crippen LogP contribution in [0.5, 0.6) is 0 Å². The molecular formula is C22H16N2S. The van der Waals surface area contributed by atoms with E-state index in [0.717, 1.165) is 0 Å². The first-order valence-corrected chi connectivity index (χ1v) is 9.18. The molecule has 1 aromatic heterocycles. The van der Waals surface area contributed by atoms with E-state index in [4.69, 9.17) is 0 Å². The van der Waals surface area contributed by atoms with Gasteiger partial charge < -0.3 is 4.90 Å². The highest BCUT2D eigenvalue weighted by Crippen LogP contribution is 2.54. The van der Waals surface area contributed by atoms with Gasteiger partial charge in [-0.2, -0.15) is 0 Å². The van der Waals surface area contributed by atoms with Gasteiger partial charge in [-0.3, -0.25) is 4.90 Å². The van der Waals surface area contributed by atoms with Crippen LogP contribution in [-0.4, -0.2) is 0 Å². The van der Waals surface area contributed by atoms with E-state index in [-0.39, 0.29) is 0 Å². The fourth-order valence-corrected chi connectivity index (χ4v) is 4.19. The van der Waals surface area contributed by atoms with Crippen molar-refractivity contribution in [1.82, 2.24) is 0 Å². The number of rotatable bonds is 2. The second-order valence-corrected chi connectivity index (χ2v) is 6.86. The molecule has 2 heterocycles. The molecule has 0 amide bonds. The van der Waals surface area contributed by atoms with Gasteiger partial charge in [0.15, 0.2) is 0 Å². The van der Waals surface area contributed by atoms with Crippen LogP contribution < -0.4 is 9.80 Å². The lowest BCUT2D eigenvalue weighted by Gasteiger charge is -2.39. The van der Waals surface area contributed by atoms with Gasteiger partial charge in [0.2, 0.25) is 0 Å². The number of fused-ring (bicyclic) bond motifs is 2. The maximum Gasteiger partial charge on any atom is 0.100 e. The molecule has 25 heavy (non-hydrogen) atoms. The Bertz CT molecular complexity index is 962. The SMILES string of the molecule is c1ccc(N2c3ccccc3N(c3cccs3)c3ccccc32)cc1. The minimum absolute atomic E-state index is 1.17. The van der Waals surface area contributed by atoms with Crippen LogP contribution in [-0.2, 0) is 0 Å². The van der Waals surface area contributed by atoms with Crippen LogP contribution in [0.15, 0.2) is 96.4 Å². The fourth-order valence-electron chi connectivity index (χ4n) is 3.43. The van der Waals surface area contributed by atoms with Gasteiger partial charge in [0.05, 0.1) is 22.7 Å². The Morgan fingerprint density at radius 2 is 1.00 bits per heavy atom. The Labute approximate surface area is 151 Å². The molecule has 3 heteroatoms. The number of para-hydroxylation sites is 5. The largest absolute Gasteiger partial charge is 0.306 e. The van der Waals surface area contributed by atoms with Gasteiger partial charge in [-0.1, -0.05) is 42.5 Å². The van der Waals surface area contributed by atoms with Crippen LogP contribution >= 0.6 is 11.3 Å². The van der Waals surface area contributed by atoms with Crippen molar-refractivity contribution in [3.63, 3.8) is 0 Å². The normalized spacial score (nSPS) is 12.6. The lowest BCUT2D eigenvalue weighted by Crippen LogP contribution is -2.23. The second kappa shape index (κ2) is 5.80. The third-order valence-corrected chi connectivity index (χ3v) is 5.32. The van der Waals surface area contributed by atoms with Crippen LogP contribution in [0.3, 0.4) is 0 Å². The first-order chi connectivity index (χ1) is 12.4. The monoisotopic (exact) mass is 340 g/mol. The van der Waals surface area contributed by atoms with E-state index in [1.54, 1.807) is 11.3 Å². The van der Waals surface area contributed by atoms with Gasteiger partial charge in [0, 0.05) is 5.69 Å². The first-order valence-electron chi connectivity index (χ1n) is 8.30. The second-order valence-electron chi connectivity index (χ2n) is 5.94. The average molecular weight is 340 g/mol. The molecule has 0 bridgehead atoms. The zero-order valence-electron chi connectivity index (χ0n) is 13.5. The molecule has 0 aliphatic carbocycles. The van der Waals surface area contributed by atoms with Gasteiger partial charge in [0.1, 0.15) is 5.00 Å². The van der Waals surface area contributed by atoms with E-state index in [1.807, 2.05) is 0 Å². The van der Waals surface area contributed by atoms with Crippen molar-refractivity contribution in [1.29, 1.82) is 0 Å². The van der Waals surface area contributed by atoms with Crippen molar-refractivity contribution in [3.05, 3.63) is 96.4 Å². The van der Waals surface area contributed by atoms with Crippen LogP contribution in [0.2, 0.25) is 0 Å². The highest BCUT2D eigenvalue weighted by atomic mass is 32.1. The Balaban J connectivity index is 1.81. The lowest BCUT2D eigenvalue weighted by molar-refractivity contribution is 1.18. The first kappa shape index (κ1) is 14.3. The molecule has 0 fully saturated rings. The summed E-state index contributed by atoms with van der Waals surface area (Å²) in [6.45, 7) is 0. The molecule has 0 saturated heterocycles. The number of thiophene rings is 1. The molecule has 0 radical (unpaired) electrons. The standard InChI is InChI=1S/C22H16N2S/c1-2-9-17(10-3-1)23-18-11-4-6-13-20(18)24(22-15-8-16-25-22)21-14-7-5-12-19(21)23/h1-16H. The summed E-state index contributed by atoms with van der Waals surface area (Å²) in [5.74, 6) is 0. The minimum Gasteiger partial charge on any atom is -0.306 e. The molecule has 0 unspecified atom stereocenters. The number of nitrogens with zero attached hydrogens (tertiary/aromatic N) is 2. The van der Waals surface area contributed by atoms with Gasteiger partial charge in [-0.15, -0.1) is 11.3 Å². The van der Waals surface area contributed by atoms with E-state index in [1.165, 1.54) is 33.4 Å². The van der Waals surface area contributed by atoms with Crippen molar-refractivity contribution >= 4 is 44.8 Å². The van der Waals surface area contributed by atoms with Gasteiger partial charge in [-0.05, 0) is 53.9 Å². The summed E-state index contributed by atoms with van der Waals surface area (Å²) in [5.41, 5.74) is 5.97. The number of hydrogen-bond acceptors (Lipinski definition) is 3. The maximum absolute atomic E-state index is 2.36. The lowest BCUT2D eigenvalue weighted by atomic mass is 10.1. The number of anilines is 6. The van der Waals surface area contributed by atoms with E-state index in [9.17, 15) is 0 Å². The van der Waals surface area contributed by atoms with Gasteiger partial charge in [-0.25, -0.2) is 0 Å². The summed E-state index contributed by atoms with van der Waals surface area (Å²) >= 11 is 1.76. The Morgan fingerprint density at radius 1 is 0.480 bits per heavy atom. The third kappa shape index (κ3) is 2.24. The molecule has 1 aliphatic heterocycles. The Morgan fingerprint density at radius 3 is 1.52 bits per heavy atom. The van der Waals surface area contributed by atoms with E-state index < -0.39 is 0 Å². The summed E-state index contributed by atoms with van der Waals surface area (Å²) in [5, 5.41) is 3.36. The molecule has 120 valence electrons. The summed E-state index contributed by atoms with van der Waals surface area (Å²) in [6.07, 6.45) is 0. The summed E-state index contributed by atoms with van der Waals surface area (Å²) in [7, 11) is 0. The highest BCUT2D eigenvalue weighted by Gasteiger charge is 2.29. The van der Waals surface area contributed by atoms with Crippen molar-refractivity contribution in [2.24, 2.45) is 0 Å². The zero-order chi connectivity index (χ0) is 16.6. The van der Waals surface area contributed by atoms with Crippen molar-refractivity contribution < 1.29 is 0 Å². The summed E-state index contributed by atoms with van der Waals surface area (Å²) in [4.78, 5) is 4.70. The molecule has 2 nitrogen and oxygen atoms in total. The minimum atomic E-state index is 1.17. The van der Waals surface area contributed by atoms with E-state index in [0.29, 0.717) is 0 Å². The van der Waals surface area contributed by atoms with Crippen LogP contribution in [0.1, 0.15) is 0 Å². The predicted molar refractivity (Wildman–Crippen MR) is 107 cm³/mol. The summed E-state index contributed by atoms with van der Waals surface area (Å²) < 4.78 is 0. The van der Waals surface area contributed by atoms with Crippen LogP contribution in [0, 0.1) is 0 Å². The molecule has 0 saturated carbocycles. The Kier molecular flexibility index (Phi) is 3.32. The average Bonchev–Trinajstić information content (AvgIpc) is 3.21. The van der Waals surface area contributed by atoms with Crippen molar-refractivity contribution in [2.75, 3.05) is 9.80 Å². The molecule has 0 N–H and O–H groups in total. The molecule has 3 aromatic carbocycles. The smallest absolute Gasteiger partial charge is 0.100 e. The van der Waals surface area contributed by atoms with E-state index in [2.05, 4.69) is 106 Å². The van der Waals surface area contributed by atoms with E-state index >= 15 is 0 Å². The molecule has 4 aromatic rings. The molecular weight excluding hydrogens is 324 g/mol. The topological polar surface area (TPSA) is 6.48 Å². The number of benzene rings is 3. The quantitative estimate of drug-likeness (QED) is 0.341. The van der Waals surface area contributed by atoms with Gasteiger partial charge in [0.25, 0.3) is 0 Å². The molecule has 0 atom stereocenters. The van der Waals surface area contributed by atoms with Crippen molar-refractivity contribution in [3.8, 4) is 0 Å². The molecule has 1 aliphatic rings. The van der Waals surface area contributed by atoms with Crippen LogP contribution in [0.4, 0.5) is 33.4 Å². The molecule has 0 spiro atoms. The molecule has 5 rings (SSSR count). The van der Waals surface area contributed by atoms with Crippen molar-refractivity contribution in [2.45, 2.75) is 0 Å². The maximum atomic E-state index is 2.36. The number of hydrogen-bond donors (Lipinski definition) is 0. The Hall–Kier alpha value is -3.04. The summed E-state index contributed by atoms with van der Waals surface area (Å²) in [6, 6.07) is 32.0.